The topological polar surface area (TPSA) is 89.8 Å². The first-order valence-corrected chi connectivity index (χ1v) is 9.49. The number of benzene rings is 1. The average molecular weight is 345 g/mol. The molecule has 7 nitrogen and oxygen atoms in total. The van der Waals surface area contributed by atoms with E-state index in [1.165, 1.54) is 12.6 Å². The third kappa shape index (κ3) is 3.70. The number of hydrogen-bond donors (Lipinski definition) is 1. The molecule has 2 aromatic heterocycles. The Morgan fingerprint density at radius 2 is 2.12 bits per heavy atom. The van der Waals surface area contributed by atoms with Gasteiger partial charge in [-0.3, -0.25) is 4.68 Å². The first kappa shape index (κ1) is 16.4. The Bertz CT molecular complexity index is 938. The summed E-state index contributed by atoms with van der Waals surface area (Å²) in [6, 6.07) is 6.77. The Kier molecular flexibility index (Phi) is 4.48. The Morgan fingerprint density at radius 3 is 2.83 bits per heavy atom. The van der Waals surface area contributed by atoms with E-state index >= 15 is 0 Å². The molecule has 0 saturated carbocycles. The Balaban J connectivity index is 1.81. The van der Waals surface area contributed by atoms with E-state index in [0.717, 1.165) is 6.54 Å². The van der Waals surface area contributed by atoms with Gasteiger partial charge in [0.15, 0.2) is 9.84 Å². The molecular weight excluding hydrogens is 326 g/mol. The molecular formula is C16H19N5O2S. The molecule has 0 radical (unpaired) electrons. The smallest absolute Gasteiger partial charge is 0.175 e. The van der Waals surface area contributed by atoms with E-state index in [1.807, 2.05) is 16.9 Å². The molecule has 2 heterocycles. The summed E-state index contributed by atoms with van der Waals surface area (Å²) in [6.45, 7) is 3.59. The van der Waals surface area contributed by atoms with Crippen LogP contribution in [-0.2, 0) is 16.4 Å². The van der Waals surface area contributed by atoms with Crippen molar-refractivity contribution in [1.82, 2.24) is 19.7 Å². The van der Waals surface area contributed by atoms with Crippen LogP contribution in [0.2, 0.25) is 0 Å². The maximum Gasteiger partial charge on any atom is 0.175 e. The highest BCUT2D eigenvalue weighted by atomic mass is 32.2. The van der Waals surface area contributed by atoms with Gasteiger partial charge in [-0.25, -0.2) is 18.4 Å². The molecule has 0 spiro atoms. The lowest BCUT2D eigenvalue weighted by Crippen LogP contribution is -2.18. The molecule has 24 heavy (non-hydrogen) atoms. The summed E-state index contributed by atoms with van der Waals surface area (Å²) in [4.78, 5) is 8.71. The molecule has 3 rings (SSSR count). The van der Waals surface area contributed by atoms with Crippen LogP contribution in [0, 0.1) is 5.92 Å². The highest BCUT2D eigenvalue weighted by Gasteiger charge is 2.12. The molecule has 1 aromatic carbocycles. The van der Waals surface area contributed by atoms with Crippen molar-refractivity contribution in [3.05, 3.63) is 43.0 Å². The minimum Gasteiger partial charge on any atom is -0.369 e. The Labute approximate surface area is 140 Å². The summed E-state index contributed by atoms with van der Waals surface area (Å²) >= 11 is 0. The second-order valence-electron chi connectivity index (χ2n) is 5.89. The third-order valence-electron chi connectivity index (χ3n) is 3.71. The molecule has 0 aliphatic heterocycles. The minimum atomic E-state index is -3.27. The first-order chi connectivity index (χ1) is 11.4. The van der Waals surface area contributed by atoms with Gasteiger partial charge in [-0.15, -0.1) is 0 Å². The van der Waals surface area contributed by atoms with E-state index in [2.05, 4.69) is 27.3 Å². The van der Waals surface area contributed by atoms with Gasteiger partial charge < -0.3 is 5.32 Å². The molecule has 0 fully saturated rings. The molecule has 126 valence electrons. The van der Waals surface area contributed by atoms with Gasteiger partial charge >= 0.3 is 0 Å². The minimum absolute atomic E-state index is 0.262. The van der Waals surface area contributed by atoms with Gasteiger partial charge in [0.2, 0.25) is 0 Å². The van der Waals surface area contributed by atoms with Gasteiger partial charge in [-0.05, 0) is 30.2 Å². The van der Waals surface area contributed by atoms with E-state index in [0.29, 0.717) is 29.2 Å². The van der Waals surface area contributed by atoms with Crippen molar-refractivity contribution >= 4 is 26.6 Å². The second kappa shape index (κ2) is 6.56. The van der Waals surface area contributed by atoms with Gasteiger partial charge in [-0.1, -0.05) is 6.92 Å². The average Bonchev–Trinajstić information content (AvgIpc) is 3.04. The number of hydrogen-bond acceptors (Lipinski definition) is 6. The summed E-state index contributed by atoms with van der Waals surface area (Å²) in [5, 5.41) is 8.19. The molecule has 1 unspecified atom stereocenters. The first-order valence-electron chi connectivity index (χ1n) is 7.59. The SMILES string of the molecule is CC(CNc1ncnc2ccc(S(C)(=O)=O)cc12)Cn1cccn1. The molecule has 0 amide bonds. The number of rotatable bonds is 6. The predicted octanol–water partition coefficient (Wildman–Crippen LogP) is 1.98. The number of nitrogens with zero attached hydrogens (tertiary/aromatic N) is 4. The highest BCUT2D eigenvalue weighted by molar-refractivity contribution is 7.90. The van der Waals surface area contributed by atoms with Crippen molar-refractivity contribution in [3.8, 4) is 0 Å². The van der Waals surface area contributed by atoms with Crippen molar-refractivity contribution in [3.63, 3.8) is 0 Å². The normalized spacial score (nSPS) is 13.1. The number of sulfone groups is 1. The van der Waals surface area contributed by atoms with Crippen LogP contribution in [0.4, 0.5) is 5.82 Å². The quantitative estimate of drug-likeness (QED) is 0.735. The largest absolute Gasteiger partial charge is 0.369 e. The number of nitrogens with one attached hydrogen (secondary N) is 1. The fraction of sp³-hybridized carbons (Fsp3) is 0.312. The summed E-state index contributed by atoms with van der Waals surface area (Å²) in [5.74, 6) is 0.964. The maximum absolute atomic E-state index is 11.8. The van der Waals surface area contributed by atoms with Crippen LogP contribution in [0.25, 0.3) is 10.9 Å². The molecule has 0 bridgehead atoms. The van der Waals surface area contributed by atoms with E-state index in [1.54, 1.807) is 24.4 Å². The standard InChI is InChI=1S/C16H19N5O2S/c1-12(10-21-7-3-6-20-21)9-17-16-14-8-13(24(2,22)23)4-5-15(14)18-11-19-16/h3-8,11-12H,9-10H2,1-2H3,(H,17,18,19). The fourth-order valence-corrected chi connectivity index (χ4v) is 3.12. The lowest BCUT2D eigenvalue weighted by atomic mass is 10.1. The molecule has 3 aromatic rings. The number of fused-ring (bicyclic) bond motifs is 1. The molecule has 8 heteroatoms. The van der Waals surface area contributed by atoms with Gasteiger partial charge in [-0.2, -0.15) is 5.10 Å². The van der Waals surface area contributed by atoms with Crippen LogP contribution in [0.3, 0.4) is 0 Å². The second-order valence-corrected chi connectivity index (χ2v) is 7.90. The van der Waals surface area contributed by atoms with Crippen molar-refractivity contribution < 1.29 is 8.42 Å². The number of anilines is 1. The maximum atomic E-state index is 11.8. The lowest BCUT2D eigenvalue weighted by Gasteiger charge is -2.14. The van der Waals surface area contributed by atoms with Crippen LogP contribution in [-0.4, -0.2) is 41.0 Å². The van der Waals surface area contributed by atoms with Crippen LogP contribution in [0.1, 0.15) is 6.92 Å². The van der Waals surface area contributed by atoms with Gasteiger partial charge in [0, 0.05) is 37.1 Å². The lowest BCUT2D eigenvalue weighted by molar-refractivity contribution is 0.467. The van der Waals surface area contributed by atoms with Crippen LogP contribution < -0.4 is 5.32 Å². The molecule has 0 aliphatic rings. The number of aromatic nitrogens is 4. The zero-order valence-corrected chi connectivity index (χ0v) is 14.4. The van der Waals surface area contributed by atoms with Crippen LogP contribution >= 0.6 is 0 Å². The van der Waals surface area contributed by atoms with Crippen molar-refractivity contribution in [2.75, 3.05) is 18.1 Å². The molecule has 1 atom stereocenters. The monoisotopic (exact) mass is 345 g/mol. The van der Waals surface area contributed by atoms with Gasteiger partial charge in [0.1, 0.15) is 12.1 Å². The van der Waals surface area contributed by atoms with Crippen molar-refractivity contribution in [1.29, 1.82) is 0 Å². The Morgan fingerprint density at radius 1 is 1.29 bits per heavy atom. The summed E-state index contributed by atoms with van der Waals surface area (Å²) in [6.07, 6.45) is 6.35. The van der Waals surface area contributed by atoms with E-state index < -0.39 is 9.84 Å². The summed E-state index contributed by atoms with van der Waals surface area (Å²) in [7, 11) is -3.27. The van der Waals surface area contributed by atoms with Gasteiger partial charge in [0.25, 0.3) is 0 Å². The van der Waals surface area contributed by atoms with Crippen LogP contribution in [0.5, 0.6) is 0 Å². The van der Waals surface area contributed by atoms with Crippen molar-refractivity contribution in [2.24, 2.45) is 5.92 Å². The molecule has 1 N–H and O–H groups in total. The van der Waals surface area contributed by atoms with Gasteiger partial charge in [0.05, 0.1) is 10.4 Å². The summed E-state index contributed by atoms with van der Waals surface area (Å²) < 4.78 is 25.4. The van der Waals surface area contributed by atoms with E-state index in [9.17, 15) is 8.42 Å². The third-order valence-corrected chi connectivity index (χ3v) is 4.82. The predicted molar refractivity (Wildman–Crippen MR) is 92.5 cm³/mol. The van der Waals surface area contributed by atoms with E-state index in [4.69, 9.17) is 0 Å². The van der Waals surface area contributed by atoms with E-state index in [-0.39, 0.29) is 4.90 Å². The highest BCUT2D eigenvalue weighted by Crippen LogP contribution is 2.23. The Hall–Kier alpha value is -2.48. The van der Waals surface area contributed by atoms with Crippen LogP contribution in [0.15, 0.2) is 47.9 Å². The zero-order chi connectivity index (χ0) is 17.2. The summed E-state index contributed by atoms with van der Waals surface area (Å²) in [5.41, 5.74) is 0.708. The fourth-order valence-electron chi connectivity index (χ4n) is 2.47. The molecule has 0 saturated heterocycles. The van der Waals surface area contributed by atoms with Crippen molar-refractivity contribution in [2.45, 2.75) is 18.4 Å². The zero-order valence-electron chi connectivity index (χ0n) is 13.5. The molecule has 0 aliphatic carbocycles.